The summed E-state index contributed by atoms with van der Waals surface area (Å²) in [6, 6.07) is 11.1. The van der Waals surface area contributed by atoms with E-state index >= 15 is 0 Å². The number of thiocarbonyl (C=S) groups is 1. The standard InChI is InChI=1S/C14H14N2OS2/c15-13(18)10-3-5-11(6-4-10)14(17)16-8-7-12-2-1-9-19-12/h1-6,9H,7-8H2,(H2,15,18)(H,16,17). The van der Waals surface area contributed by atoms with E-state index in [2.05, 4.69) is 11.4 Å². The predicted molar refractivity (Wildman–Crippen MR) is 82.7 cm³/mol. The number of carbonyl (C=O) groups excluding carboxylic acids is 1. The molecule has 19 heavy (non-hydrogen) atoms. The van der Waals surface area contributed by atoms with Gasteiger partial charge in [-0.15, -0.1) is 11.3 Å². The van der Waals surface area contributed by atoms with E-state index < -0.39 is 0 Å². The van der Waals surface area contributed by atoms with Crippen LogP contribution < -0.4 is 11.1 Å². The van der Waals surface area contributed by atoms with Gasteiger partial charge in [0.15, 0.2) is 0 Å². The van der Waals surface area contributed by atoms with Gasteiger partial charge in [-0.05, 0) is 30.0 Å². The van der Waals surface area contributed by atoms with Crippen molar-refractivity contribution in [3.05, 3.63) is 57.8 Å². The van der Waals surface area contributed by atoms with Crippen LogP contribution in [0.1, 0.15) is 20.8 Å². The van der Waals surface area contributed by atoms with E-state index in [1.165, 1.54) is 4.88 Å². The molecule has 0 saturated carbocycles. The van der Waals surface area contributed by atoms with Gasteiger partial charge in [0, 0.05) is 22.5 Å². The molecule has 0 spiro atoms. The van der Waals surface area contributed by atoms with Gasteiger partial charge in [-0.3, -0.25) is 4.79 Å². The highest BCUT2D eigenvalue weighted by atomic mass is 32.1. The molecule has 0 radical (unpaired) electrons. The molecule has 0 aliphatic rings. The van der Waals surface area contributed by atoms with Gasteiger partial charge in [0.1, 0.15) is 4.99 Å². The highest BCUT2D eigenvalue weighted by molar-refractivity contribution is 7.80. The van der Waals surface area contributed by atoms with Gasteiger partial charge in [0.05, 0.1) is 0 Å². The summed E-state index contributed by atoms with van der Waals surface area (Å²) in [5.74, 6) is -0.0777. The lowest BCUT2D eigenvalue weighted by Gasteiger charge is -2.05. The van der Waals surface area contributed by atoms with Gasteiger partial charge in [-0.1, -0.05) is 30.4 Å². The zero-order chi connectivity index (χ0) is 13.7. The molecule has 0 bridgehead atoms. The van der Waals surface area contributed by atoms with Crippen molar-refractivity contribution in [1.82, 2.24) is 5.32 Å². The largest absolute Gasteiger partial charge is 0.389 e. The van der Waals surface area contributed by atoms with Crippen molar-refractivity contribution < 1.29 is 4.79 Å². The van der Waals surface area contributed by atoms with Crippen LogP contribution in [0.15, 0.2) is 41.8 Å². The summed E-state index contributed by atoms with van der Waals surface area (Å²) in [5.41, 5.74) is 6.89. The highest BCUT2D eigenvalue weighted by Gasteiger charge is 2.05. The molecule has 3 nitrogen and oxygen atoms in total. The van der Waals surface area contributed by atoms with Crippen LogP contribution in [0.3, 0.4) is 0 Å². The van der Waals surface area contributed by atoms with Crippen LogP contribution in [0.25, 0.3) is 0 Å². The molecular formula is C14H14N2OS2. The minimum absolute atomic E-state index is 0.0777. The molecule has 3 N–H and O–H groups in total. The van der Waals surface area contributed by atoms with E-state index in [-0.39, 0.29) is 5.91 Å². The van der Waals surface area contributed by atoms with Crippen molar-refractivity contribution >= 4 is 34.5 Å². The Hall–Kier alpha value is -1.72. The third-order valence-electron chi connectivity index (χ3n) is 2.67. The van der Waals surface area contributed by atoms with Crippen LogP contribution in [-0.4, -0.2) is 17.4 Å². The summed E-state index contributed by atoms with van der Waals surface area (Å²) < 4.78 is 0. The van der Waals surface area contributed by atoms with Gasteiger partial charge in [-0.25, -0.2) is 0 Å². The van der Waals surface area contributed by atoms with E-state index in [9.17, 15) is 4.79 Å². The van der Waals surface area contributed by atoms with Gasteiger partial charge in [0.25, 0.3) is 5.91 Å². The Morgan fingerprint density at radius 3 is 2.47 bits per heavy atom. The van der Waals surface area contributed by atoms with E-state index in [0.717, 1.165) is 12.0 Å². The van der Waals surface area contributed by atoms with Crippen molar-refractivity contribution in [2.45, 2.75) is 6.42 Å². The van der Waals surface area contributed by atoms with Gasteiger partial charge in [0.2, 0.25) is 0 Å². The molecule has 0 atom stereocenters. The Balaban J connectivity index is 1.87. The van der Waals surface area contributed by atoms with Crippen molar-refractivity contribution in [2.24, 2.45) is 5.73 Å². The van der Waals surface area contributed by atoms with Crippen molar-refractivity contribution in [1.29, 1.82) is 0 Å². The zero-order valence-electron chi connectivity index (χ0n) is 10.3. The summed E-state index contributed by atoms with van der Waals surface area (Å²) >= 11 is 6.56. The summed E-state index contributed by atoms with van der Waals surface area (Å²) in [7, 11) is 0. The molecule has 2 aromatic rings. The second-order valence-corrected chi connectivity index (χ2v) is 5.50. The van der Waals surface area contributed by atoms with Gasteiger partial charge in [-0.2, -0.15) is 0 Å². The molecule has 2 rings (SSSR count). The number of benzene rings is 1. The van der Waals surface area contributed by atoms with Crippen LogP contribution >= 0.6 is 23.6 Å². The lowest BCUT2D eigenvalue weighted by Crippen LogP contribution is -2.25. The molecule has 0 aliphatic heterocycles. The lowest BCUT2D eigenvalue weighted by atomic mass is 10.1. The van der Waals surface area contributed by atoms with E-state index in [0.29, 0.717) is 17.1 Å². The fraction of sp³-hybridized carbons (Fsp3) is 0.143. The summed E-state index contributed by atoms with van der Waals surface area (Å²) in [6.45, 7) is 0.635. The maximum atomic E-state index is 11.9. The fourth-order valence-corrected chi connectivity index (χ4v) is 2.49. The van der Waals surface area contributed by atoms with Gasteiger partial charge >= 0.3 is 0 Å². The van der Waals surface area contributed by atoms with E-state index in [4.69, 9.17) is 18.0 Å². The minimum atomic E-state index is -0.0777. The molecule has 5 heteroatoms. The Bertz CT molecular complexity index is 562. The van der Waals surface area contributed by atoms with Crippen LogP contribution in [-0.2, 0) is 6.42 Å². The Morgan fingerprint density at radius 2 is 1.89 bits per heavy atom. The Labute approximate surface area is 121 Å². The number of rotatable bonds is 5. The molecule has 1 amide bonds. The molecule has 1 heterocycles. The number of hydrogen-bond acceptors (Lipinski definition) is 3. The van der Waals surface area contributed by atoms with Crippen molar-refractivity contribution in [3.8, 4) is 0 Å². The number of amides is 1. The number of carbonyl (C=O) groups is 1. The monoisotopic (exact) mass is 290 g/mol. The molecule has 0 aliphatic carbocycles. The maximum Gasteiger partial charge on any atom is 0.251 e. The molecule has 0 fully saturated rings. The summed E-state index contributed by atoms with van der Waals surface area (Å²) in [5, 5.41) is 4.92. The number of nitrogens with one attached hydrogen (secondary N) is 1. The molecule has 1 aromatic heterocycles. The summed E-state index contributed by atoms with van der Waals surface area (Å²) in [4.78, 5) is 13.5. The fourth-order valence-electron chi connectivity index (χ4n) is 1.64. The Morgan fingerprint density at radius 1 is 1.21 bits per heavy atom. The average Bonchev–Trinajstić information content (AvgIpc) is 2.92. The summed E-state index contributed by atoms with van der Waals surface area (Å²) in [6.07, 6.45) is 0.856. The molecule has 0 unspecified atom stereocenters. The highest BCUT2D eigenvalue weighted by Crippen LogP contribution is 2.08. The smallest absolute Gasteiger partial charge is 0.251 e. The Kier molecular flexibility index (Phi) is 4.65. The van der Waals surface area contributed by atoms with Crippen LogP contribution in [0.5, 0.6) is 0 Å². The third-order valence-corrected chi connectivity index (χ3v) is 3.84. The molecule has 1 aromatic carbocycles. The predicted octanol–water partition coefficient (Wildman–Crippen LogP) is 2.35. The number of hydrogen-bond donors (Lipinski definition) is 2. The number of thiophene rings is 1. The van der Waals surface area contributed by atoms with E-state index in [1.807, 2.05) is 11.4 Å². The van der Waals surface area contributed by atoms with Crippen molar-refractivity contribution in [3.63, 3.8) is 0 Å². The molecular weight excluding hydrogens is 276 g/mol. The van der Waals surface area contributed by atoms with Crippen molar-refractivity contribution in [2.75, 3.05) is 6.54 Å². The topological polar surface area (TPSA) is 55.1 Å². The van der Waals surface area contributed by atoms with Crippen LogP contribution in [0.2, 0.25) is 0 Å². The second kappa shape index (κ2) is 6.45. The average molecular weight is 290 g/mol. The maximum absolute atomic E-state index is 11.9. The zero-order valence-corrected chi connectivity index (χ0v) is 11.9. The molecule has 0 saturated heterocycles. The first-order chi connectivity index (χ1) is 9.16. The SMILES string of the molecule is NC(=S)c1ccc(C(=O)NCCc2cccs2)cc1. The van der Waals surface area contributed by atoms with Gasteiger partial charge < -0.3 is 11.1 Å². The lowest BCUT2D eigenvalue weighted by molar-refractivity contribution is 0.0954. The normalized spacial score (nSPS) is 10.1. The minimum Gasteiger partial charge on any atom is -0.389 e. The van der Waals surface area contributed by atoms with E-state index in [1.54, 1.807) is 35.6 Å². The second-order valence-electron chi connectivity index (χ2n) is 4.03. The first-order valence-electron chi connectivity index (χ1n) is 5.87. The van der Waals surface area contributed by atoms with Crippen LogP contribution in [0.4, 0.5) is 0 Å². The van der Waals surface area contributed by atoms with Crippen LogP contribution in [0, 0.1) is 0 Å². The first-order valence-corrected chi connectivity index (χ1v) is 7.16. The number of nitrogens with two attached hydrogens (primary N) is 1. The molecule has 98 valence electrons. The third kappa shape index (κ3) is 3.87. The first kappa shape index (κ1) is 13.7. The quantitative estimate of drug-likeness (QED) is 0.831.